The molecule has 0 atom stereocenters. The van der Waals surface area contributed by atoms with Gasteiger partial charge in [-0.2, -0.15) is 0 Å². The number of hydrogen-bond donors (Lipinski definition) is 2. The number of likely N-dealkylation sites (N-methyl/N-ethyl adjacent to an activating group) is 2. The fourth-order valence-electron chi connectivity index (χ4n) is 2.44. The second-order valence-corrected chi connectivity index (χ2v) is 7.88. The van der Waals surface area contributed by atoms with E-state index in [0.717, 1.165) is 6.54 Å². The van der Waals surface area contributed by atoms with Crippen molar-refractivity contribution in [1.82, 2.24) is 9.88 Å². The molecule has 1 aromatic carbocycles. The fourth-order valence-corrected chi connectivity index (χ4v) is 3.51. The van der Waals surface area contributed by atoms with E-state index in [0.29, 0.717) is 18.9 Å². The lowest BCUT2D eigenvalue weighted by Crippen LogP contribution is -2.33. The molecule has 2 aromatic rings. The third-order valence-corrected chi connectivity index (χ3v) is 5.29. The van der Waals surface area contributed by atoms with E-state index in [1.165, 1.54) is 24.4 Å². The molecule has 0 aliphatic heterocycles. The van der Waals surface area contributed by atoms with Crippen LogP contribution in [0.25, 0.3) is 0 Å². The van der Waals surface area contributed by atoms with Crippen LogP contribution in [0.2, 0.25) is 0 Å². The molecule has 0 radical (unpaired) electrons. The Bertz CT molecular complexity index is 885. The lowest BCUT2D eigenvalue weighted by Gasteiger charge is -2.26. The van der Waals surface area contributed by atoms with Crippen molar-refractivity contribution in [3.63, 3.8) is 0 Å². The lowest BCUT2D eigenvalue weighted by atomic mass is 10.2. The summed E-state index contributed by atoms with van der Waals surface area (Å²) in [4.78, 5) is 19.5. The average Bonchev–Trinajstić information content (AvgIpc) is 2.63. The highest BCUT2D eigenvalue weighted by Gasteiger charge is 2.21. The van der Waals surface area contributed by atoms with Crippen molar-refractivity contribution in [2.75, 3.05) is 43.4 Å². The van der Waals surface area contributed by atoms with Gasteiger partial charge in [0.25, 0.3) is 10.0 Å². The van der Waals surface area contributed by atoms with E-state index in [1.807, 2.05) is 30.8 Å². The Balaban J connectivity index is 2.45. The number of aromatic carboxylic acids is 1. The van der Waals surface area contributed by atoms with Crippen LogP contribution in [0.4, 0.5) is 11.5 Å². The molecule has 2 rings (SSSR count). The van der Waals surface area contributed by atoms with Crippen molar-refractivity contribution < 1.29 is 18.3 Å². The molecule has 27 heavy (non-hydrogen) atoms. The van der Waals surface area contributed by atoms with Gasteiger partial charge in [-0.3, -0.25) is 4.72 Å². The number of carbonyl (C=O) groups is 1. The molecule has 0 saturated heterocycles. The van der Waals surface area contributed by atoms with Crippen molar-refractivity contribution in [3.05, 3.63) is 48.2 Å². The number of rotatable bonds is 9. The first-order chi connectivity index (χ1) is 12.7. The van der Waals surface area contributed by atoms with Crippen LogP contribution in [0.3, 0.4) is 0 Å². The summed E-state index contributed by atoms with van der Waals surface area (Å²) < 4.78 is 27.9. The van der Waals surface area contributed by atoms with Gasteiger partial charge < -0.3 is 14.9 Å². The minimum Gasteiger partial charge on any atom is -0.478 e. The molecule has 0 bridgehead atoms. The average molecular weight is 392 g/mol. The highest BCUT2D eigenvalue weighted by Crippen LogP contribution is 2.27. The van der Waals surface area contributed by atoms with Gasteiger partial charge in [0.2, 0.25) is 0 Å². The van der Waals surface area contributed by atoms with Gasteiger partial charge in [0.1, 0.15) is 0 Å². The number of hydrogen-bond acceptors (Lipinski definition) is 6. The summed E-state index contributed by atoms with van der Waals surface area (Å²) in [5, 5.41) is 9.25. The van der Waals surface area contributed by atoms with Gasteiger partial charge in [-0.05, 0) is 39.2 Å². The fraction of sp³-hybridized carbons (Fsp3) is 0.333. The van der Waals surface area contributed by atoms with Crippen LogP contribution in [-0.4, -0.2) is 63.1 Å². The summed E-state index contributed by atoms with van der Waals surface area (Å²) in [6.07, 6.45) is 1.23. The molecule has 0 saturated carbocycles. The molecule has 0 aliphatic rings. The van der Waals surface area contributed by atoms with E-state index in [4.69, 9.17) is 0 Å². The Morgan fingerprint density at radius 1 is 1.19 bits per heavy atom. The monoisotopic (exact) mass is 392 g/mol. The number of pyridine rings is 1. The molecule has 8 nitrogen and oxygen atoms in total. The number of nitrogens with zero attached hydrogens (tertiary/aromatic N) is 3. The Labute approximate surface area is 159 Å². The molecule has 1 aromatic heterocycles. The summed E-state index contributed by atoms with van der Waals surface area (Å²) in [6.45, 7) is 3.87. The largest absolute Gasteiger partial charge is 0.478 e. The van der Waals surface area contributed by atoms with Crippen LogP contribution in [0.15, 0.2) is 47.5 Å². The van der Waals surface area contributed by atoms with Crippen molar-refractivity contribution >= 4 is 27.5 Å². The second kappa shape index (κ2) is 8.83. The molecule has 0 amide bonds. The zero-order chi connectivity index (χ0) is 20.0. The Kier molecular flexibility index (Phi) is 6.75. The first-order valence-electron chi connectivity index (χ1n) is 8.45. The molecule has 146 valence electrons. The molecule has 0 spiro atoms. The molecular formula is C18H24N4O4S. The van der Waals surface area contributed by atoms with Crippen molar-refractivity contribution in [2.24, 2.45) is 0 Å². The summed E-state index contributed by atoms with van der Waals surface area (Å²) in [7, 11) is 0.00530. The van der Waals surface area contributed by atoms with E-state index in [1.54, 1.807) is 18.2 Å². The first-order valence-corrected chi connectivity index (χ1v) is 9.93. The number of carboxylic acids is 1. The van der Waals surface area contributed by atoms with Crippen LogP contribution < -0.4 is 9.62 Å². The zero-order valence-electron chi connectivity index (χ0n) is 15.6. The SMILES string of the molecule is CCN(CCN(C)C)c1ncc(C(=O)O)cc1NS(=O)(=O)c1ccccc1. The quantitative estimate of drug-likeness (QED) is 0.672. The van der Waals surface area contributed by atoms with Crippen LogP contribution in [0.5, 0.6) is 0 Å². The predicted molar refractivity (Wildman–Crippen MR) is 105 cm³/mol. The predicted octanol–water partition coefficient (Wildman–Crippen LogP) is 1.97. The standard InChI is InChI=1S/C18H24N4O4S/c1-4-22(11-10-21(2)3)17-16(12-14(13-19-17)18(23)24)20-27(25,26)15-8-6-5-7-9-15/h5-9,12-13,20H,4,10-11H2,1-3H3,(H,23,24). The van der Waals surface area contributed by atoms with E-state index in [2.05, 4.69) is 9.71 Å². The van der Waals surface area contributed by atoms with Crippen molar-refractivity contribution in [1.29, 1.82) is 0 Å². The molecule has 0 unspecified atom stereocenters. The summed E-state index contributed by atoms with van der Waals surface area (Å²) >= 11 is 0. The summed E-state index contributed by atoms with van der Waals surface area (Å²) in [5.74, 6) is -0.783. The Morgan fingerprint density at radius 2 is 1.85 bits per heavy atom. The maximum Gasteiger partial charge on any atom is 0.337 e. The van der Waals surface area contributed by atoms with Gasteiger partial charge in [-0.1, -0.05) is 18.2 Å². The van der Waals surface area contributed by atoms with Gasteiger partial charge >= 0.3 is 5.97 Å². The molecular weight excluding hydrogens is 368 g/mol. The number of anilines is 2. The summed E-state index contributed by atoms with van der Waals surface area (Å²) in [6, 6.07) is 9.20. The highest BCUT2D eigenvalue weighted by molar-refractivity contribution is 7.92. The minimum atomic E-state index is -3.87. The Hall–Kier alpha value is -2.65. The van der Waals surface area contributed by atoms with Gasteiger partial charge in [0.15, 0.2) is 5.82 Å². The van der Waals surface area contributed by atoms with E-state index < -0.39 is 16.0 Å². The normalized spacial score (nSPS) is 11.4. The first kappa shape index (κ1) is 20.7. The van der Waals surface area contributed by atoms with E-state index in [9.17, 15) is 18.3 Å². The topological polar surface area (TPSA) is 103 Å². The van der Waals surface area contributed by atoms with Gasteiger partial charge in [-0.15, -0.1) is 0 Å². The van der Waals surface area contributed by atoms with Crippen molar-refractivity contribution in [3.8, 4) is 0 Å². The van der Waals surface area contributed by atoms with Gasteiger partial charge in [-0.25, -0.2) is 18.2 Å². The zero-order valence-corrected chi connectivity index (χ0v) is 16.4. The third kappa shape index (κ3) is 5.41. The smallest absolute Gasteiger partial charge is 0.337 e. The Morgan fingerprint density at radius 3 is 2.41 bits per heavy atom. The molecule has 0 aliphatic carbocycles. The molecule has 0 fully saturated rings. The van der Waals surface area contributed by atoms with Gasteiger partial charge in [0.05, 0.1) is 16.1 Å². The molecule has 9 heteroatoms. The van der Waals surface area contributed by atoms with Crippen LogP contribution in [-0.2, 0) is 10.0 Å². The van der Waals surface area contributed by atoms with E-state index >= 15 is 0 Å². The number of aromatic nitrogens is 1. The van der Waals surface area contributed by atoms with E-state index in [-0.39, 0.29) is 16.1 Å². The molecule has 2 N–H and O–H groups in total. The number of nitrogens with one attached hydrogen (secondary N) is 1. The maximum atomic E-state index is 12.7. The second-order valence-electron chi connectivity index (χ2n) is 6.20. The van der Waals surface area contributed by atoms with Crippen molar-refractivity contribution in [2.45, 2.75) is 11.8 Å². The summed E-state index contributed by atoms with van der Waals surface area (Å²) in [5.41, 5.74) is 0.0486. The van der Waals surface area contributed by atoms with Gasteiger partial charge in [0, 0.05) is 25.8 Å². The third-order valence-electron chi connectivity index (χ3n) is 3.91. The highest BCUT2D eigenvalue weighted by atomic mass is 32.2. The van der Waals surface area contributed by atoms with Crippen LogP contribution in [0, 0.1) is 0 Å². The number of sulfonamides is 1. The van der Waals surface area contributed by atoms with Crippen LogP contribution >= 0.6 is 0 Å². The minimum absolute atomic E-state index is 0.0897. The maximum absolute atomic E-state index is 12.7. The molecule has 1 heterocycles. The number of benzene rings is 1. The van der Waals surface area contributed by atoms with Crippen LogP contribution in [0.1, 0.15) is 17.3 Å². The lowest BCUT2D eigenvalue weighted by molar-refractivity contribution is 0.0696. The number of carboxylic acid groups (broad SMARTS) is 1.